The second kappa shape index (κ2) is 8.79. The number of carbonyl (C=O) groups excluding carboxylic acids is 2. The molecule has 0 aromatic rings. The number of nitrogens with zero attached hydrogens (tertiary/aromatic N) is 2. The second-order valence-electron chi connectivity index (χ2n) is 8.51. The SMILES string of the molecule is CCN(CC)C(=O)CC(C(=O)N(CC)CC)C1CC2(CC)C=CC1(CC)C2. The number of carbonyl (C=O) groups is 2. The van der Waals surface area contributed by atoms with Crippen LogP contribution in [0.25, 0.3) is 0 Å². The molecule has 0 radical (unpaired) electrons. The van der Waals surface area contributed by atoms with Crippen molar-refractivity contribution >= 4 is 11.8 Å². The first-order valence-electron chi connectivity index (χ1n) is 11.1. The van der Waals surface area contributed by atoms with E-state index in [1.807, 2.05) is 37.5 Å². The summed E-state index contributed by atoms with van der Waals surface area (Å²) in [7, 11) is 0. The van der Waals surface area contributed by atoms with Crippen LogP contribution in [0.3, 0.4) is 0 Å². The fourth-order valence-electron chi connectivity index (χ4n) is 5.65. The number of hydrogen-bond acceptors (Lipinski definition) is 2. The van der Waals surface area contributed by atoms with E-state index in [-0.39, 0.29) is 34.5 Å². The van der Waals surface area contributed by atoms with E-state index < -0.39 is 0 Å². The molecule has 154 valence electrons. The van der Waals surface area contributed by atoms with Gasteiger partial charge in [0.1, 0.15) is 0 Å². The van der Waals surface area contributed by atoms with Crippen LogP contribution < -0.4 is 0 Å². The predicted octanol–water partition coefficient (Wildman–Crippen LogP) is 4.50. The van der Waals surface area contributed by atoms with Gasteiger partial charge in [-0.1, -0.05) is 26.0 Å². The van der Waals surface area contributed by atoms with Crippen molar-refractivity contribution in [1.82, 2.24) is 9.80 Å². The van der Waals surface area contributed by atoms with Crippen LogP contribution in [0.5, 0.6) is 0 Å². The Hall–Kier alpha value is -1.32. The van der Waals surface area contributed by atoms with Crippen molar-refractivity contribution in [2.24, 2.45) is 22.7 Å². The van der Waals surface area contributed by atoms with Crippen molar-refractivity contribution in [3.8, 4) is 0 Å². The molecule has 0 N–H and O–H groups in total. The van der Waals surface area contributed by atoms with Crippen molar-refractivity contribution in [2.45, 2.75) is 73.6 Å². The van der Waals surface area contributed by atoms with Gasteiger partial charge in [-0.3, -0.25) is 9.59 Å². The number of rotatable bonds is 10. The van der Waals surface area contributed by atoms with Crippen molar-refractivity contribution in [2.75, 3.05) is 26.2 Å². The minimum atomic E-state index is -0.198. The molecule has 0 aromatic heterocycles. The maximum Gasteiger partial charge on any atom is 0.226 e. The van der Waals surface area contributed by atoms with Gasteiger partial charge in [0.2, 0.25) is 11.8 Å². The third kappa shape index (κ3) is 3.95. The van der Waals surface area contributed by atoms with E-state index in [4.69, 9.17) is 0 Å². The highest BCUT2D eigenvalue weighted by atomic mass is 16.2. The van der Waals surface area contributed by atoms with Crippen molar-refractivity contribution in [3.63, 3.8) is 0 Å². The molecule has 2 amide bonds. The fraction of sp³-hybridized carbons (Fsp3) is 0.826. The normalized spacial score (nSPS) is 29.8. The lowest BCUT2D eigenvalue weighted by molar-refractivity contribution is -0.144. The monoisotopic (exact) mass is 376 g/mol. The zero-order chi connectivity index (χ0) is 20.2. The van der Waals surface area contributed by atoms with E-state index in [1.54, 1.807) is 0 Å². The summed E-state index contributed by atoms with van der Waals surface area (Å²) in [4.78, 5) is 30.3. The molecule has 1 saturated carbocycles. The summed E-state index contributed by atoms with van der Waals surface area (Å²) in [5, 5.41) is 0. The Morgan fingerprint density at radius 1 is 0.926 bits per heavy atom. The minimum Gasteiger partial charge on any atom is -0.343 e. The predicted molar refractivity (Wildman–Crippen MR) is 111 cm³/mol. The Bertz CT molecular complexity index is 565. The average Bonchev–Trinajstić information content (AvgIpc) is 3.23. The molecular weight excluding hydrogens is 336 g/mol. The maximum absolute atomic E-state index is 13.5. The van der Waals surface area contributed by atoms with Crippen LogP contribution in [-0.2, 0) is 9.59 Å². The molecular formula is C23H40N2O2. The van der Waals surface area contributed by atoms with Gasteiger partial charge in [-0.15, -0.1) is 0 Å². The van der Waals surface area contributed by atoms with E-state index in [1.165, 1.54) is 0 Å². The van der Waals surface area contributed by atoms with Gasteiger partial charge in [0.05, 0.1) is 5.92 Å². The van der Waals surface area contributed by atoms with Crippen molar-refractivity contribution in [3.05, 3.63) is 12.2 Å². The molecule has 27 heavy (non-hydrogen) atoms. The molecule has 4 atom stereocenters. The molecule has 2 bridgehead atoms. The van der Waals surface area contributed by atoms with Gasteiger partial charge in [-0.25, -0.2) is 0 Å². The standard InChI is InChI=1S/C23H40N2O2/c1-7-22-13-14-23(8-2,17-22)19(16-22)18(21(27)25(11-5)12-6)15-20(26)24(9-3)10-4/h13-14,18-19H,7-12,15-17H2,1-6H3. The second-order valence-corrected chi connectivity index (χ2v) is 8.51. The first-order valence-corrected chi connectivity index (χ1v) is 11.1. The third-order valence-electron chi connectivity index (χ3n) is 7.57. The van der Waals surface area contributed by atoms with E-state index >= 15 is 0 Å². The lowest BCUT2D eigenvalue weighted by Gasteiger charge is -2.39. The molecule has 0 spiro atoms. The molecule has 0 heterocycles. The van der Waals surface area contributed by atoms with Gasteiger partial charge < -0.3 is 9.80 Å². The van der Waals surface area contributed by atoms with E-state index in [0.29, 0.717) is 32.6 Å². The van der Waals surface area contributed by atoms with Gasteiger partial charge in [0, 0.05) is 32.6 Å². The molecule has 4 nitrogen and oxygen atoms in total. The Morgan fingerprint density at radius 3 is 2.00 bits per heavy atom. The number of hydrogen-bond donors (Lipinski definition) is 0. The molecule has 0 saturated heterocycles. The van der Waals surface area contributed by atoms with Crippen molar-refractivity contribution in [1.29, 1.82) is 0 Å². The summed E-state index contributed by atoms with van der Waals surface area (Å²) >= 11 is 0. The Morgan fingerprint density at radius 2 is 1.52 bits per heavy atom. The number of fused-ring (bicyclic) bond motifs is 2. The molecule has 4 unspecified atom stereocenters. The van der Waals surface area contributed by atoms with Gasteiger partial charge >= 0.3 is 0 Å². The lowest BCUT2D eigenvalue weighted by atomic mass is 9.68. The van der Waals surface area contributed by atoms with Gasteiger partial charge in [-0.05, 0) is 70.1 Å². The molecule has 1 fully saturated rings. The zero-order valence-electron chi connectivity index (χ0n) is 18.4. The Labute approximate surface area is 166 Å². The Balaban J connectivity index is 2.36. The topological polar surface area (TPSA) is 40.6 Å². The van der Waals surface area contributed by atoms with Crippen LogP contribution in [0.2, 0.25) is 0 Å². The van der Waals surface area contributed by atoms with Gasteiger partial charge in [-0.2, -0.15) is 0 Å². The highest BCUT2D eigenvalue weighted by Gasteiger charge is 2.58. The van der Waals surface area contributed by atoms with Crippen LogP contribution in [0, 0.1) is 22.7 Å². The Kier molecular flexibility index (Phi) is 7.15. The molecule has 2 rings (SSSR count). The summed E-state index contributed by atoms with van der Waals surface area (Å²) in [6.07, 6.45) is 9.55. The average molecular weight is 377 g/mol. The molecule has 4 heteroatoms. The van der Waals surface area contributed by atoms with Crippen molar-refractivity contribution < 1.29 is 9.59 Å². The van der Waals surface area contributed by atoms with E-state index in [2.05, 4.69) is 26.0 Å². The van der Waals surface area contributed by atoms with Crippen LogP contribution in [0.1, 0.15) is 73.6 Å². The molecule has 2 aliphatic rings. The maximum atomic E-state index is 13.5. The molecule has 2 aliphatic carbocycles. The summed E-state index contributed by atoms with van der Waals surface area (Å²) in [5.74, 6) is 0.399. The fourth-order valence-corrected chi connectivity index (χ4v) is 5.65. The lowest BCUT2D eigenvalue weighted by Crippen LogP contribution is -2.45. The first kappa shape index (κ1) is 22.0. The van der Waals surface area contributed by atoms with Crippen LogP contribution in [-0.4, -0.2) is 47.8 Å². The highest BCUT2D eigenvalue weighted by Crippen LogP contribution is 2.65. The van der Waals surface area contributed by atoms with E-state index in [0.717, 1.165) is 25.7 Å². The summed E-state index contributed by atoms with van der Waals surface area (Å²) in [6.45, 7) is 15.5. The summed E-state index contributed by atoms with van der Waals surface area (Å²) in [5.41, 5.74) is 0.327. The third-order valence-corrected chi connectivity index (χ3v) is 7.57. The smallest absolute Gasteiger partial charge is 0.226 e. The summed E-state index contributed by atoms with van der Waals surface area (Å²) in [6, 6.07) is 0. The minimum absolute atomic E-state index is 0.0903. The highest BCUT2D eigenvalue weighted by molar-refractivity contribution is 5.86. The largest absolute Gasteiger partial charge is 0.343 e. The van der Waals surface area contributed by atoms with Crippen LogP contribution in [0.4, 0.5) is 0 Å². The number of amides is 2. The van der Waals surface area contributed by atoms with Crippen LogP contribution in [0.15, 0.2) is 12.2 Å². The van der Waals surface area contributed by atoms with Gasteiger partial charge in [0.15, 0.2) is 0 Å². The quantitative estimate of drug-likeness (QED) is 0.527. The first-order chi connectivity index (χ1) is 12.9. The van der Waals surface area contributed by atoms with E-state index in [9.17, 15) is 9.59 Å². The zero-order valence-corrected chi connectivity index (χ0v) is 18.4. The number of allylic oxidation sites excluding steroid dienone is 2. The summed E-state index contributed by atoms with van der Waals surface area (Å²) < 4.78 is 0. The molecule has 0 aliphatic heterocycles. The van der Waals surface area contributed by atoms with Gasteiger partial charge in [0.25, 0.3) is 0 Å². The van der Waals surface area contributed by atoms with Crippen LogP contribution >= 0.6 is 0 Å². The molecule has 0 aromatic carbocycles.